The summed E-state index contributed by atoms with van der Waals surface area (Å²) in [5.41, 5.74) is 13.3. The summed E-state index contributed by atoms with van der Waals surface area (Å²) in [6, 6.07) is 25.8. The number of piperazine rings is 1. The first kappa shape index (κ1) is 59.5. The van der Waals surface area contributed by atoms with Gasteiger partial charge >= 0.3 is 11.9 Å². The number of aliphatic carboxylic acids is 2. The largest absolute Gasteiger partial charge is 0.479 e. The molecule has 0 amide bonds. The van der Waals surface area contributed by atoms with Crippen molar-refractivity contribution in [1.82, 2.24) is 39.1 Å². The number of carboxylic acid groups (broad SMARTS) is 2. The van der Waals surface area contributed by atoms with E-state index in [9.17, 15) is 19.8 Å². The molecule has 7 heterocycles. The zero-order chi connectivity index (χ0) is 60.8. The van der Waals surface area contributed by atoms with E-state index in [4.69, 9.17) is 52.7 Å². The first-order chi connectivity index (χ1) is 40.9. The fourth-order valence-corrected chi connectivity index (χ4v) is 15.2. The van der Waals surface area contributed by atoms with Gasteiger partial charge in [-0.05, 0) is 171 Å². The minimum atomic E-state index is -1.22. The van der Waals surface area contributed by atoms with Crippen LogP contribution < -0.4 is 4.90 Å². The number of aryl methyl sites for hydroxylation is 4. The molecule has 2 fully saturated rings. The van der Waals surface area contributed by atoms with Gasteiger partial charge < -0.3 is 34.1 Å². The monoisotopic (exact) mass is 1230 g/mol. The number of hydrogen-bond acceptors (Lipinski definition) is 13. The van der Waals surface area contributed by atoms with E-state index in [0.717, 1.165) is 160 Å². The summed E-state index contributed by atoms with van der Waals surface area (Å²) < 4.78 is 18.5. The number of ether oxygens (including phenoxy) is 2. The van der Waals surface area contributed by atoms with E-state index in [-0.39, 0.29) is 0 Å². The highest BCUT2D eigenvalue weighted by Gasteiger charge is 2.35. The van der Waals surface area contributed by atoms with Crippen molar-refractivity contribution in [1.29, 1.82) is 0 Å². The number of rotatable bonds is 14. The van der Waals surface area contributed by atoms with Gasteiger partial charge in [0.2, 0.25) is 0 Å². The van der Waals surface area contributed by atoms with Crippen molar-refractivity contribution < 1.29 is 29.3 Å². The van der Waals surface area contributed by atoms with Crippen LogP contribution in [-0.2, 0) is 39.7 Å². The van der Waals surface area contributed by atoms with Crippen LogP contribution in [0, 0.1) is 13.8 Å². The van der Waals surface area contributed by atoms with Crippen molar-refractivity contribution in [2.75, 3.05) is 51.2 Å². The third-order valence-electron chi connectivity index (χ3n) is 16.6. The number of anilines is 1. The van der Waals surface area contributed by atoms with Crippen molar-refractivity contribution in [3.63, 3.8) is 0 Å². The number of pyridine rings is 1. The van der Waals surface area contributed by atoms with Crippen LogP contribution in [0.25, 0.3) is 85.8 Å². The SMILES string of the molecule is Cc1cc2nc(-c3cnc4c(c3)c(N3CCN(Cc5cc(-c6nc7cc(C)c([C@H](OC(C)(C)C)C(=O)O)c(-c8ccc(Cl)cc8)c7s6)cc6c(C7CCN(C)CC7)nn(C)c56)CC3)cn4C)sc2c(-c2ccc(Cl)cc2)c1[C@H](OC(C)(C)C)C(=O)O. The number of benzene rings is 5. The highest BCUT2D eigenvalue weighted by atomic mass is 35.5. The molecule has 5 aromatic carbocycles. The smallest absolute Gasteiger partial charge is 0.337 e. The molecular weight excluding hydrogens is 1160 g/mol. The van der Waals surface area contributed by atoms with Gasteiger partial charge in [0.05, 0.1) is 48.5 Å². The number of carboxylic acids is 2. The van der Waals surface area contributed by atoms with Crippen LogP contribution in [0.1, 0.15) is 106 Å². The second-order valence-electron chi connectivity index (χ2n) is 25.2. The van der Waals surface area contributed by atoms with Crippen molar-refractivity contribution in [3.8, 4) is 43.4 Å². The number of thiazole rings is 2. The van der Waals surface area contributed by atoms with Crippen LogP contribution in [0.2, 0.25) is 10.0 Å². The van der Waals surface area contributed by atoms with Gasteiger partial charge in [-0.1, -0.05) is 47.5 Å². The Morgan fingerprint density at radius 2 is 1.16 bits per heavy atom. The van der Waals surface area contributed by atoms with Crippen LogP contribution in [0.4, 0.5) is 5.69 Å². The van der Waals surface area contributed by atoms with Crippen molar-refractivity contribution in [3.05, 3.63) is 135 Å². The number of fused-ring (bicyclic) bond motifs is 4. The molecule has 0 aliphatic carbocycles. The second kappa shape index (κ2) is 23.0. The number of nitrogens with zero attached hydrogens (tertiary/aromatic N) is 9. The van der Waals surface area contributed by atoms with Crippen LogP contribution in [-0.4, -0.2) is 119 Å². The zero-order valence-corrected chi connectivity index (χ0v) is 53.5. The summed E-state index contributed by atoms with van der Waals surface area (Å²) in [6.45, 7) is 21.0. The Hall–Kier alpha value is -6.80. The molecule has 10 aromatic rings. The fraction of sp³-hybridized carbons (Fsp3) is 0.373. The van der Waals surface area contributed by atoms with Gasteiger partial charge in [0.1, 0.15) is 15.7 Å². The summed E-state index contributed by atoms with van der Waals surface area (Å²) in [5, 5.41) is 31.7. The molecular formula is C67H71Cl2N9O6S2. The molecule has 2 aliphatic rings. The molecule has 2 atom stereocenters. The minimum Gasteiger partial charge on any atom is -0.479 e. The van der Waals surface area contributed by atoms with Crippen LogP contribution in [0.5, 0.6) is 0 Å². The summed E-state index contributed by atoms with van der Waals surface area (Å²) in [7, 11) is 6.31. The molecule has 12 rings (SSSR count). The maximum absolute atomic E-state index is 13.2. The number of aromatic nitrogens is 6. The highest BCUT2D eigenvalue weighted by Crippen LogP contribution is 2.48. The third kappa shape index (κ3) is 11.6. The normalized spacial score (nSPS) is 15.9. The molecule has 2 N–H and O–H groups in total. The molecule has 0 unspecified atom stereocenters. The van der Waals surface area contributed by atoms with E-state index in [1.165, 1.54) is 16.9 Å². The van der Waals surface area contributed by atoms with Gasteiger partial charge in [-0.2, -0.15) is 5.10 Å². The van der Waals surface area contributed by atoms with Gasteiger partial charge in [0.15, 0.2) is 12.2 Å². The van der Waals surface area contributed by atoms with E-state index < -0.39 is 35.3 Å². The maximum atomic E-state index is 13.2. The van der Waals surface area contributed by atoms with Crippen LogP contribution >= 0.6 is 45.9 Å². The second-order valence-corrected chi connectivity index (χ2v) is 28.1. The predicted octanol–water partition coefficient (Wildman–Crippen LogP) is 15.3. The first-order valence-electron chi connectivity index (χ1n) is 29.2. The molecule has 5 aromatic heterocycles. The molecule has 86 heavy (non-hydrogen) atoms. The lowest BCUT2D eigenvalue weighted by atomic mass is 9.90. The molecule has 0 radical (unpaired) electrons. The van der Waals surface area contributed by atoms with E-state index in [1.807, 2.05) is 129 Å². The number of hydrogen-bond donors (Lipinski definition) is 2. The minimum absolute atomic E-state index is 0.314. The molecule has 446 valence electrons. The average Bonchev–Trinajstić information content (AvgIpc) is 1.93. The summed E-state index contributed by atoms with van der Waals surface area (Å²) in [5.74, 6) is -1.81. The summed E-state index contributed by atoms with van der Waals surface area (Å²) in [4.78, 5) is 49.3. The highest BCUT2D eigenvalue weighted by molar-refractivity contribution is 7.22. The molecule has 15 nitrogen and oxygen atoms in total. The fourth-order valence-electron chi connectivity index (χ4n) is 12.7. The Balaban J connectivity index is 0.886. The maximum Gasteiger partial charge on any atom is 0.337 e. The van der Waals surface area contributed by atoms with Gasteiger partial charge in [0.25, 0.3) is 0 Å². The molecule has 2 aliphatic heterocycles. The molecule has 19 heteroatoms. The zero-order valence-electron chi connectivity index (χ0n) is 50.4. The van der Waals surface area contributed by atoms with Gasteiger partial charge in [-0.15, -0.1) is 22.7 Å². The lowest BCUT2D eigenvalue weighted by Crippen LogP contribution is -2.46. The summed E-state index contributed by atoms with van der Waals surface area (Å²) >= 11 is 16.0. The first-order valence-corrected chi connectivity index (χ1v) is 31.6. The lowest BCUT2D eigenvalue weighted by Gasteiger charge is -2.36. The van der Waals surface area contributed by atoms with Crippen molar-refractivity contribution in [2.24, 2.45) is 14.1 Å². The third-order valence-corrected chi connectivity index (χ3v) is 19.4. The topological polar surface area (TPSA) is 164 Å². The van der Waals surface area contributed by atoms with Gasteiger partial charge in [-0.3, -0.25) is 9.58 Å². The van der Waals surface area contributed by atoms with Crippen LogP contribution in [0.15, 0.2) is 91.3 Å². The Labute approximate surface area is 518 Å². The van der Waals surface area contributed by atoms with Crippen LogP contribution in [0.3, 0.4) is 0 Å². The molecule has 0 bridgehead atoms. The van der Waals surface area contributed by atoms with Crippen molar-refractivity contribution in [2.45, 2.75) is 104 Å². The van der Waals surface area contributed by atoms with E-state index in [0.29, 0.717) is 33.6 Å². The Morgan fingerprint density at radius 1 is 0.663 bits per heavy atom. The van der Waals surface area contributed by atoms with Crippen molar-refractivity contribution >= 4 is 106 Å². The number of halogens is 2. The van der Waals surface area contributed by atoms with Gasteiger partial charge in [-0.25, -0.2) is 24.5 Å². The molecule has 0 saturated carbocycles. The quantitative estimate of drug-likeness (QED) is 0.106. The standard InChI is InChI=1S/C67H71Cl2N9O6S2/c1-36-28-48-59(53(38-12-16-44(68)17-13-38)51(36)57(64(79)80)83-66(3,4)5)85-62(71-48)41-30-43(56-47(31-41)55(73-76(56)11)40-20-22-74(9)23-21-40)34-77-24-26-78(27-25-77)50-35-75(10)61-46(50)32-42(33-70-61)63-72-49-29-37(2)52(58(65(81)82)84-67(6,7)8)54(60(49)86-63)39-14-18-45(69)19-15-39/h12-19,28-33,35,40,57-58H,20-27,34H2,1-11H3,(H,79,80)(H,81,82)/t57-,58-/m0/s1. The van der Waals surface area contributed by atoms with E-state index in [1.54, 1.807) is 11.3 Å². The Kier molecular flexibility index (Phi) is 16.0. The lowest BCUT2D eigenvalue weighted by molar-refractivity contribution is -0.161. The van der Waals surface area contributed by atoms with E-state index >= 15 is 0 Å². The number of piperidine rings is 1. The molecule has 0 spiro atoms. The number of carbonyl (C=O) groups is 2. The van der Waals surface area contributed by atoms with Gasteiger partial charge in [0, 0.05) is 119 Å². The van der Waals surface area contributed by atoms with E-state index in [2.05, 4.69) is 62.4 Å². The summed E-state index contributed by atoms with van der Waals surface area (Å²) in [6.07, 6.45) is 3.67. The number of likely N-dealkylation sites (tertiary alicyclic amines) is 1. The predicted molar refractivity (Wildman–Crippen MR) is 348 cm³/mol. The Bertz CT molecular complexity index is 4270. The Morgan fingerprint density at radius 3 is 1.66 bits per heavy atom. The molecule has 2 saturated heterocycles. The average molecular weight is 1230 g/mol.